The fraction of sp³-hybridized carbons (Fsp3) is 0.395. The SMILES string of the molecule is C=CCCC1=Cc2cc(Nc3nc(N4CCN(CC5CCN(c6ccc7c(C8CCC(=C)NC8=C)nn(C)c7c6)CC5)CC4)ncc3Cl)cnc2N(C)C1=C. The van der Waals surface area contributed by atoms with E-state index >= 15 is 0 Å². The third kappa shape index (κ3) is 7.60. The predicted molar refractivity (Wildman–Crippen MR) is 227 cm³/mol. The standard InChI is InChI=1S/C43H52ClN11/c1-7-8-9-32-22-33-23-34(25-45-42(33)51(5)30(32)4)48-41-38(44)26-46-43(49-41)55-20-18-53(19-21-55)27-31-14-16-54(17-15-31)35-11-13-37-39(24-35)52(6)50-40(37)36-12-10-28(2)47-29(36)3/h7,11,13,22-26,31,36,47H,1-4,8-10,12,14-21,27H2,5-6H3,(H,46,48,49). The van der Waals surface area contributed by atoms with Gasteiger partial charge in [-0.15, -0.1) is 6.58 Å². The topological polar surface area (TPSA) is 93.5 Å². The number of aromatic nitrogens is 5. The second-order valence-corrected chi connectivity index (χ2v) is 15.8. The molecular weight excluding hydrogens is 706 g/mol. The smallest absolute Gasteiger partial charge is 0.227 e. The summed E-state index contributed by atoms with van der Waals surface area (Å²) in [6.07, 6.45) is 13.7. The van der Waals surface area contributed by atoms with Crippen molar-refractivity contribution in [3.05, 3.63) is 108 Å². The molecule has 1 unspecified atom stereocenters. The molecule has 2 N–H and O–H groups in total. The minimum absolute atomic E-state index is 0.207. The first-order chi connectivity index (χ1) is 26.6. The number of piperazine rings is 1. The number of nitrogens with zero attached hydrogens (tertiary/aromatic N) is 9. The van der Waals surface area contributed by atoms with Gasteiger partial charge in [0.05, 0.1) is 29.3 Å². The van der Waals surface area contributed by atoms with E-state index < -0.39 is 0 Å². The van der Waals surface area contributed by atoms with Gasteiger partial charge < -0.3 is 25.3 Å². The quantitative estimate of drug-likeness (QED) is 0.155. The Labute approximate surface area is 329 Å². The summed E-state index contributed by atoms with van der Waals surface area (Å²) in [7, 11) is 4.06. The Kier molecular flexibility index (Phi) is 10.4. The Morgan fingerprint density at radius 2 is 1.76 bits per heavy atom. The number of halogens is 1. The maximum absolute atomic E-state index is 6.61. The summed E-state index contributed by atoms with van der Waals surface area (Å²) in [4.78, 5) is 23.7. The number of fused-ring (bicyclic) bond motifs is 2. The van der Waals surface area contributed by atoms with Crippen molar-refractivity contribution >= 4 is 57.5 Å². The Morgan fingerprint density at radius 3 is 2.53 bits per heavy atom. The van der Waals surface area contributed by atoms with Crippen LogP contribution in [0.1, 0.15) is 55.7 Å². The number of benzene rings is 1. The number of hydrogen-bond donors (Lipinski definition) is 2. The molecule has 55 heavy (non-hydrogen) atoms. The predicted octanol–water partition coefficient (Wildman–Crippen LogP) is 8.00. The molecule has 1 atom stereocenters. The minimum atomic E-state index is 0.207. The van der Waals surface area contributed by atoms with Gasteiger partial charge in [0.15, 0.2) is 5.82 Å². The lowest BCUT2D eigenvalue weighted by Gasteiger charge is -2.39. The third-order valence-corrected chi connectivity index (χ3v) is 12.0. The van der Waals surface area contributed by atoms with Crippen molar-refractivity contribution in [3.63, 3.8) is 0 Å². The highest BCUT2D eigenvalue weighted by Gasteiger charge is 2.28. The highest BCUT2D eigenvalue weighted by atomic mass is 35.5. The van der Waals surface area contributed by atoms with E-state index in [-0.39, 0.29) is 5.92 Å². The van der Waals surface area contributed by atoms with Crippen LogP contribution < -0.4 is 25.3 Å². The lowest BCUT2D eigenvalue weighted by molar-refractivity contribution is 0.201. The van der Waals surface area contributed by atoms with Crippen molar-refractivity contribution in [2.75, 3.05) is 72.9 Å². The maximum Gasteiger partial charge on any atom is 0.227 e. The van der Waals surface area contributed by atoms with E-state index in [0.29, 0.717) is 22.7 Å². The van der Waals surface area contributed by atoms with Crippen molar-refractivity contribution in [3.8, 4) is 0 Å². The van der Waals surface area contributed by atoms with Gasteiger partial charge in [0, 0.05) is 99.6 Å². The summed E-state index contributed by atoms with van der Waals surface area (Å²) in [5.74, 6) is 3.04. The van der Waals surface area contributed by atoms with Gasteiger partial charge in [-0.25, -0.2) is 9.97 Å². The van der Waals surface area contributed by atoms with Gasteiger partial charge in [0.25, 0.3) is 0 Å². The molecule has 4 aromatic rings. The van der Waals surface area contributed by atoms with E-state index in [1.54, 1.807) is 6.20 Å². The van der Waals surface area contributed by atoms with Crippen LogP contribution in [0.3, 0.4) is 0 Å². The summed E-state index contributed by atoms with van der Waals surface area (Å²) in [5.41, 5.74) is 9.61. The summed E-state index contributed by atoms with van der Waals surface area (Å²) >= 11 is 6.61. The molecule has 7 heterocycles. The Morgan fingerprint density at radius 1 is 0.964 bits per heavy atom. The zero-order valence-electron chi connectivity index (χ0n) is 32.2. The van der Waals surface area contributed by atoms with E-state index in [9.17, 15) is 0 Å². The average molecular weight is 758 g/mol. The van der Waals surface area contributed by atoms with Crippen molar-refractivity contribution in [2.24, 2.45) is 13.0 Å². The van der Waals surface area contributed by atoms with Crippen LogP contribution >= 0.6 is 11.6 Å². The van der Waals surface area contributed by atoms with Crippen molar-refractivity contribution in [1.82, 2.24) is 34.9 Å². The largest absolute Gasteiger partial charge is 0.371 e. The van der Waals surface area contributed by atoms with Crippen LogP contribution in [0.5, 0.6) is 0 Å². The summed E-state index contributed by atoms with van der Waals surface area (Å²) < 4.78 is 2.03. The van der Waals surface area contributed by atoms with Crippen LogP contribution in [0.4, 0.5) is 29.0 Å². The summed E-state index contributed by atoms with van der Waals surface area (Å²) in [5, 5.41) is 13.4. The number of piperidine rings is 2. The van der Waals surface area contributed by atoms with Gasteiger partial charge in [-0.1, -0.05) is 37.4 Å². The molecule has 0 saturated carbocycles. The van der Waals surface area contributed by atoms with E-state index in [1.165, 1.54) is 35.0 Å². The van der Waals surface area contributed by atoms with Crippen molar-refractivity contribution < 1.29 is 0 Å². The molecule has 3 saturated heterocycles. The lowest BCUT2D eigenvalue weighted by Crippen LogP contribution is -2.49. The molecule has 8 rings (SSSR count). The molecule has 4 aliphatic rings. The highest BCUT2D eigenvalue weighted by Crippen LogP contribution is 2.38. The maximum atomic E-state index is 6.61. The molecule has 0 radical (unpaired) electrons. The molecule has 1 aromatic carbocycles. The Balaban J connectivity index is 0.844. The van der Waals surface area contributed by atoms with Gasteiger partial charge in [0.2, 0.25) is 5.95 Å². The average Bonchev–Trinajstić information content (AvgIpc) is 3.52. The molecule has 3 fully saturated rings. The lowest BCUT2D eigenvalue weighted by atomic mass is 9.90. The number of allylic oxidation sites excluding steroid dienone is 4. The van der Waals surface area contributed by atoms with Gasteiger partial charge >= 0.3 is 0 Å². The first kappa shape index (κ1) is 36.8. The second-order valence-electron chi connectivity index (χ2n) is 15.4. The second kappa shape index (κ2) is 15.5. The first-order valence-electron chi connectivity index (χ1n) is 19.5. The van der Waals surface area contributed by atoms with E-state index in [0.717, 1.165) is 111 Å². The third-order valence-electron chi connectivity index (χ3n) is 11.8. The number of rotatable bonds is 10. The molecule has 4 aliphatic heterocycles. The first-order valence-corrected chi connectivity index (χ1v) is 19.9. The molecule has 0 aliphatic carbocycles. The fourth-order valence-electron chi connectivity index (χ4n) is 8.52. The molecule has 11 nitrogen and oxygen atoms in total. The summed E-state index contributed by atoms with van der Waals surface area (Å²) in [6.45, 7) is 23.5. The van der Waals surface area contributed by atoms with Gasteiger partial charge in [-0.05, 0) is 80.4 Å². The van der Waals surface area contributed by atoms with E-state index in [1.807, 2.05) is 28.9 Å². The molecule has 3 aromatic heterocycles. The molecular formula is C43H52ClN11. The van der Waals surface area contributed by atoms with Gasteiger partial charge in [-0.3, -0.25) is 9.58 Å². The molecule has 12 heteroatoms. The summed E-state index contributed by atoms with van der Waals surface area (Å²) in [6, 6.07) is 8.95. The van der Waals surface area contributed by atoms with Crippen LogP contribution in [-0.2, 0) is 7.05 Å². The van der Waals surface area contributed by atoms with E-state index in [4.69, 9.17) is 26.7 Å². The van der Waals surface area contributed by atoms with Crippen LogP contribution in [0, 0.1) is 5.92 Å². The number of nitrogens with one attached hydrogen (secondary N) is 2. The Hall–Kier alpha value is -5.13. The molecule has 286 valence electrons. The highest BCUT2D eigenvalue weighted by molar-refractivity contribution is 6.32. The number of hydrogen-bond acceptors (Lipinski definition) is 10. The molecule has 0 amide bonds. The zero-order valence-corrected chi connectivity index (χ0v) is 33.0. The number of likely N-dealkylation sites (N-methyl/N-ethyl adjacent to an activating group) is 1. The van der Waals surface area contributed by atoms with Gasteiger partial charge in [0.1, 0.15) is 10.8 Å². The molecule has 0 bridgehead atoms. The van der Waals surface area contributed by atoms with Crippen molar-refractivity contribution in [2.45, 2.75) is 44.4 Å². The van der Waals surface area contributed by atoms with Crippen LogP contribution in [0.2, 0.25) is 5.02 Å². The fourth-order valence-corrected chi connectivity index (χ4v) is 8.66. The van der Waals surface area contributed by atoms with Gasteiger partial charge in [-0.2, -0.15) is 10.1 Å². The number of pyridine rings is 1. The monoisotopic (exact) mass is 757 g/mol. The molecule has 0 spiro atoms. The zero-order chi connectivity index (χ0) is 38.2. The normalized spacial score (nSPS) is 19.8. The van der Waals surface area contributed by atoms with Crippen molar-refractivity contribution in [1.29, 1.82) is 0 Å². The van der Waals surface area contributed by atoms with E-state index in [2.05, 4.69) is 94.0 Å². The number of anilines is 5. The Bertz CT molecular complexity index is 2170. The number of aryl methyl sites for hydroxylation is 1. The van der Waals surface area contributed by atoms with Crippen LogP contribution in [-0.4, -0.2) is 82.5 Å². The minimum Gasteiger partial charge on any atom is -0.371 e. The van der Waals surface area contributed by atoms with Crippen LogP contribution in [0.25, 0.3) is 17.0 Å². The van der Waals surface area contributed by atoms with Crippen LogP contribution in [0.15, 0.2) is 91.7 Å².